The molecule has 0 amide bonds. The Morgan fingerprint density at radius 1 is 0.696 bits per heavy atom. The minimum Gasteiger partial charge on any atom is -0.264 e. The Kier molecular flexibility index (Phi) is 4.69. The van der Waals surface area contributed by atoms with Crippen LogP contribution < -0.4 is 0 Å². The van der Waals surface area contributed by atoms with E-state index in [9.17, 15) is 0 Å². The molecule has 0 fully saturated rings. The van der Waals surface area contributed by atoms with Crippen molar-refractivity contribution >= 4 is 11.4 Å². The normalized spacial score (nSPS) is 11.1. The maximum Gasteiger partial charge on any atom is 0.100 e. The molecule has 0 aliphatic rings. The van der Waals surface area contributed by atoms with Crippen LogP contribution in [0.5, 0.6) is 0 Å². The minimum atomic E-state index is 0.836. The third-order valence-electron chi connectivity index (χ3n) is 3.47. The summed E-state index contributed by atoms with van der Waals surface area (Å²) in [7, 11) is 0. The lowest BCUT2D eigenvalue weighted by atomic mass is 10.0. The van der Waals surface area contributed by atoms with Crippen LogP contribution in [0.3, 0.4) is 0 Å². The van der Waals surface area contributed by atoms with Crippen LogP contribution >= 0.6 is 0 Å². The van der Waals surface area contributed by atoms with E-state index in [2.05, 4.69) is 15.2 Å². The molecule has 0 N–H and O–H groups in total. The van der Waals surface area contributed by atoms with Crippen LogP contribution in [0.1, 0.15) is 23.6 Å². The van der Waals surface area contributed by atoms with Gasteiger partial charge < -0.3 is 0 Å². The van der Waals surface area contributed by atoms with E-state index in [0.717, 1.165) is 28.1 Å². The first-order valence-electron chi connectivity index (χ1n) is 7.48. The standard InChI is InChI=1S/C20H17N3/c1-16(19-13-8-14-21-15-19)22-23-20(17-9-4-2-5-10-17)18-11-6-3-7-12-18/h2-15H,1H3/b22-16+. The fraction of sp³-hybridized carbons (Fsp3) is 0.0500. The summed E-state index contributed by atoms with van der Waals surface area (Å²) in [5, 5.41) is 8.93. The van der Waals surface area contributed by atoms with Gasteiger partial charge in [0, 0.05) is 29.1 Å². The molecular formula is C20H17N3. The summed E-state index contributed by atoms with van der Waals surface area (Å²) in [5.41, 5.74) is 4.75. The number of hydrogen-bond donors (Lipinski definition) is 0. The molecule has 0 saturated carbocycles. The van der Waals surface area contributed by atoms with Crippen molar-refractivity contribution in [2.45, 2.75) is 6.92 Å². The number of rotatable bonds is 4. The molecule has 1 heterocycles. The maximum absolute atomic E-state index is 4.52. The van der Waals surface area contributed by atoms with Gasteiger partial charge in [-0.2, -0.15) is 5.10 Å². The second-order valence-electron chi connectivity index (χ2n) is 5.11. The molecule has 0 atom stereocenters. The van der Waals surface area contributed by atoms with Crippen LogP contribution in [-0.4, -0.2) is 16.4 Å². The molecule has 0 aliphatic carbocycles. The molecular weight excluding hydrogens is 282 g/mol. The predicted molar refractivity (Wildman–Crippen MR) is 95.0 cm³/mol. The van der Waals surface area contributed by atoms with E-state index in [-0.39, 0.29) is 0 Å². The van der Waals surface area contributed by atoms with Crippen molar-refractivity contribution in [3.05, 3.63) is 102 Å². The van der Waals surface area contributed by atoms with Gasteiger partial charge in [-0.15, -0.1) is 5.10 Å². The molecule has 2 aromatic carbocycles. The zero-order chi connectivity index (χ0) is 15.9. The van der Waals surface area contributed by atoms with Crippen LogP contribution in [0.2, 0.25) is 0 Å². The third kappa shape index (κ3) is 3.77. The second-order valence-corrected chi connectivity index (χ2v) is 5.11. The van der Waals surface area contributed by atoms with Gasteiger partial charge in [-0.3, -0.25) is 4.98 Å². The number of benzene rings is 2. The van der Waals surface area contributed by atoms with Gasteiger partial charge in [0.2, 0.25) is 0 Å². The molecule has 1 aromatic heterocycles. The van der Waals surface area contributed by atoms with E-state index >= 15 is 0 Å². The molecule has 0 aliphatic heterocycles. The van der Waals surface area contributed by atoms with Gasteiger partial charge in [0.05, 0.1) is 5.71 Å². The van der Waals surface area contributed by atoms with Gasteiger partial charge in [0.1, 0.15) is 5.71 Å². The SMILES string of the molecule is C/C(=N\N=C(c1ccccc1)c1ccccc1)c1cccnc1. The topological polar surface area (TPSA) is 37.6 Å². The van der Waals surface area contributed by atoms with Crippen molar-refractivity contribution < 1.29 is 0 Å². The number of pyridine rings is 1. The van der Waals surface area contributed by atoms with Crippen LogP contribution in [0, 0.1) is 0 Å². The Hall–Kier alpha value is -3.07. The molecule has 23 heavy (non-hydrogen) atoms. The van der Waals surface area contributed by atoms with Crippen molar-refractivity contribution in [2.24, 2.45) is 10.2 Å². The number of aromatic nitrogens is 1. The fourth-order valence-corrected chi connectivity index (χ4v) is 2.23. The second kappa shape index (κ2) is 7.27. The van der Waals surface area contributed by atoms with E-state index in [4.69, 9.17) is 0 Å². The molecule has 3 rings (SSSR count). The molecule has 3 nitrogen and oxygen atoms in total. The van der Waals surface area contributed by atoms with Gasteiger partial charge in [-0.25, -0.2) is 0 Å². The molecule has 0 radical (unpaired) electrons. The van der Waals surface area contributed by atoms with Crippen molar-refractivity contribution in [2.75, 3.05) is 0 Å². The highest BCUT2D eigenvalue weighted by Crippen LogP contribution is 2.11. The van der Waals surface area contributed by atoms with Crippen LogP contribution in [0.25, 0.3) is 0 Å². The molecule has 3 aromatic rings. The first-order valence-corrected chi connectivity index (χ1v) is 7.48. The monoisotopic (exact) mass is 299 g/mol. The van der Waals surface area contributed by atoms with Crippen molar-refractivity contribution in [3.63, 3.8) is 0 Å². The zero-order valence-electron chi connectivity index (χ0n) is 12.9. The van der Waals surface area contributed by atoms with E-state index in [0.29, 0.717) is 0 Å². The minimum absolute atomic E-state index is 0.836. The number of nitrogens with zero attached hydrogens (tertiary/aromatic N) is 3. The molecule has 0 bridgehead atoms. The molecule has 112 valence electrons. The van der Waals surface area contributed by atoms with Gasteiger partial charge in [0.15, 0.2) is 0 Å². The highest BCUT2D eigenvalue weighted by Gasteiger charge is 2.06. The zero-order valence-corrected chi connectivity index (χ0v) is 12.9. The van der Waals surface area contributed by atoms with E-state index in [1.807, 2.05) is 79.7 Å². The third-order valence-corrected chi connectivity index (χ3v) is 3.47. The van der Waals surface area contributed by atoms with Gasteiger partial charge in [-0.1, -0.05) is 66.7 Å². The summed E-state index contributed by atoms with van der Waals surface area (Å²) in [6.45, 7) is 1.94. The van der Waals surface area contributed by atoms with Crippen molar-refractivity contribution in [3.8, 4) is 0 Å². The first-order chi connectivity index (χ1) is 11.3. The number of hydrogen-bond acceptors (Lipinski definition) is 3. The van der Waals surface area contributed by atoms with E-state index in [1.54, 1.807) is 12.4 Å². The quantitative estimate of drug-likeness (QED) is 0.521. The smallest absolute Gasteiger partial charge is 0.100 e. The van der Waals surface area contributed by atoms with E-state index in [1.165, 1.54) is 0 Å². The van der Waals surface area contributed by atoms with Crippen molar-refractivity contribution in [1.29, 1.82) is 0 Å². The highest BCUT2D eigenvalue weighted by atomic mass is 15.2. The predicted octanol–water partition coefficient (Wildman–Crippen LogP) is 4.34. The Labute approximate surface area is 136 Å². The van der Waals surface area contributed by atoms with Gasteiger partial charge in [-0.05, 0) is 13.0 Å². The summed E-state index contributed by atoms with van der Waals surface area (Å²) < 4.78 is 0. The van der Waals surface area contributed by atoms with Gasteiger partial charge in [0.25, 0.3) is 0 Å². The Morgan fingerprint density at radius 3 is 1.78 bits per heavy atom. The van der Waals surface area contributed by atoms with Crippen LogP contribution in [0.4, 0.5) is 0 Å². The summed E-state index contributed by atoms with van der Waals surface area (Å²) >= 11 is 0. The van der Waals surface area contributed by atoms with Crippen LogP contribution in [-0.2, 0) is 0 Å². The average molecular weight is 299 g/mol. The highest BCUT2D eigenvalue weighted by molar-refractivity contribution is 6.13. The Morgan fingerprint density at radius 2 is 1.26 bits per heavy atom. The molecule has 0 saturated heterocycles. The first kappa shape index (κ1) is 14.9. The largest absolute Gasteiger partial charge is 0.264 e. The summed E-state index contributed by atoms with van der Waals surface area (Å²) in [4.78, 5) is 4.12. The summed E-state index contributed by atoms with van der Waals surface area (Å²) in [5.74, 6) is 0. The summed E-state index contributed by atoms with van der Waals surface area (Å²) in [6, 6.07) is 24.1. The fourth-order valence-electron chi connectivity index (χ4n) is 2.23. The Bertz CT molecular complexity index is 766. The average Bonchev–Trinajstić information content (AvgIpc) is 2.64. The molecule has 0 spiro atoms. The maximum atomic E-state index is 4.52. The lowest BCUT2D eigenvalue weighted by Gasteiger charge is -2.05. The van der Waals surface area contributed by atoms with Gasteiger partial charge >= 0.3 is 0 Å². The molecule has 3 heteroatoms. The lowest BCUT2D eigenvalue weighted by Crippen LogP contribution is -2.03. The van der Waals surface area contributed by atoms with E-state index < -0.39 is 0 Å². The molecule has 0 unspecified atom stereocenters. The summed E-state index contributed by atoms with van der Waals surface area (Å²) in [6.07, 6.45) is 3.54. The lowest BCUT2D eigenvalue weighted by molar-refractivity contribution is 1.21. The Balaban J connectivity index is 2.02. The van der Waals surface area contributed by atoms with Crippen LogP contribution in [0.15, 0.2) is 95.4 Å². The van der Waals surface area contributed by atoms with Crippen molar-refractivity contribution in [1.82, 2.24) is 4.98 Å².